The Kier molecular flexibility index (Phi) is 11.2. The van der Waals surface area contributed by atoms with Crippen molar-refractivity contribution >= 4 is 0 Å². The highest BCUT2D eigenvalue weighted by molar-refractivity contribution is 4.81. The van der Waals surface area contributed by atoms with E-state index < -0.39 is 0 Å². The van der Waals surface area contributed by atoms with E-state index in [1.54, 1.807) is 0 Å². The van der Waals surface area contributed by atoms with E-state index in [-0.39, 0.29) is 5.41 Å². The average molecular weight is 303 g/mol. The van der Waals surface area contributed by atoms with Crippen molar-refractivity contribution in [1.82, 2.24) is 0 Å². The van der Waals surface area contributed by atoms with Crippen molar-refractivity contribution in [3.05, 3.63) is 0 Å². The molecular formula is C15H38N6. The fourth-order valence-electron chi connectivity index (χ4n) is 2.96. The van der Waals surface area contributed by atoms with Crippen LogP contribution in [0.1, 0.15) is 32.6 Å². The first-order valence-electron chi connectivity index (χ1n) is 8.25. The lowest BCUT2D eigenvalue weighted by molar-refractivity contribution is 0.207. The van der Waals surface area contributed by atoms with Crippen LogP contribution in [-0.4, -0.2) is 39.3 Å². The van der Waals surface area contributed by atoms with Gasteiger partial charge in [-0.1, -0.05) is 6.92 Å². The molecule has 0 aromatic heterocycles. The summed E-state index contributed by atoms with van der Waals surface area (Å²) in [5.74, 6) is 2.00. The van der Waals surface area contributed by atoms with Crippen molar-refractivity contribution in [1.29, 1.82) is 0 Å². The number of nitrogens with two attached hydrogens (primary N) is 6. The van der Waals surface area contributed by atoms with Gasteiger partial charge in [-0.3, -0.25) is 0 Å². The molecule has 1 aliphatic carbocycles. The molecule has 0 aliphatic heterocycles. The van der Waals surface area contributed by atoms with E-state index in [1.807, 2.05) is 0 Å². The van der Waals surface area contributed by atoms with Gasteiger partial charge in [0.1, 0.15) is 0 Å². The minimum Gasteiger partial charge on any atom is -0.330 e. The summed E-state index contributed by atoms with van der Waals surface area (Å²) in [6.07, 6.45) is 4.60. The molecule has 0 heterocycles. The first kappa shape index (κ1) is 20.8. The molecule has 0 radical (unpaired) electrons. The number of hydrogen-bond acceptors (Lipinski definition) is 6. The maximum absolute atomic E-state index is 5.66. The quantitative estimate of drug-likeness (QED) is 0.360. The Hall–Kier alpha value is -0.240. The smallest absolute Gasteiger partial charge is 0.00679 e. The molecule has 6 heteroatoms. The van der Waals surface area contributed by atoms with Gasteiger partial charge in [-0.2, -0.15) is 0 Å². The fraction of sp³-hybridized carbons (Fsp3) is 1.00. The SMILES string of the molecule is CCC(CN)(CN)CN.NCC1CC(CN)CC(CN)C1. The van der Waals surface area contributed by atoms with Crippen molar-refractivity contribution < 1.29 is 0 Å². The van der Waals surface area contributed by atoms with Crippen molar-refractivity contribution in [3.8, 4) is 0 Å². The Bertz CT molecular complexity index is 197. The van der Waals surface area contributed by atoms with E-state index in [1.165, 1.54) is 19.3 Å². The molecule has 0 aromatic rings. The molecule has 6 nitrogen and oxygen atoms in total. The zero-order valence-corrected chi connectivity index (χ0v) is 13.8. The van der Waals surface area contributed by atoms with Gasteiger partial charge >= 0.3 is 0 Å². The minimum absolute atomic E-state index is 0. The predicted molar refractivity (Wildman–Crippen MR) is 91.4 cm³/mol. The van der Waals surface area contributed by atoms with Crippen LogP contribution in [0.3, 0.4) is 0 Å². The van der Waals surface area contributed by atoms with Crippen LogP contribution in [0, 0.1) is 23.2 Å². The third kappa shape index (κ3) is 7.04. The monoisotopic (exact) mass is 302 g/mol. The summed E-state index contributed by atoms with van der Waals surface area (Å²) >= 11 is 0. The van der Waals surface area contributed by atoms with Crippen LogP contribution in [0.15, 0.2) is 0 Å². The normalized spacial score (nSPS) is 26.1. The van der Waals surface area contributed by atoms with Gasteiger partial charge in [0.15, 0.2) is 0 Å². The Balaban J connectivity index is 0.000000400. The fourth-order valence-corrected chi connectivity index (χ4v) is 2.96. The third-order valence-corrected chi connectivity index (χ3v) is 5.05. The lowest BCUT2D eigenvalue weighted by Crippen LogP contribution is -2.43. The zero-order chi connectivity index (χ0) is 16.3. The van der Waals surface area contributed by atoms with E-state index in [9.17, 15) is 0 Å². The van der Waals surface area contributed by atoms with Crippen molar-refractivity contribution in [2.24, 2.45) is 57.6 Å². The van der Waals surface area contributed by atoms with Crippen LogP contribution in [-0.2, 0) is 0 Å². The molecule has 21 heavy (non-hydrogen) atoms. The van der Waals surface area contributed by atoms with Crippen LogP contribution in [0.5, 0.6) is 0 Å². The molecule has 1 rings (SSSR count). The van der Waals surface area contributed by atoms with Crippen molar-refractivity contribution in [2.75, 3.05) is 39.3 Å². The molecule has 0 atom stereocenters. The topological polar surface area (TPSA) is 156 Å². The second-order valence-electron chi connectivity index (χ2n) is 6.48. The summed E-state index contributed by atoms with van der Waals surface area (Å²) in [5.41, 5.74) is 33.4. The van der Waals surface area contributed by atoms with Gasteiger partial charge in [0, 0.05) is 25.0 Å². The Morgan fingerprint density at radius 3 is 1.05 bits per heavy atom. The van der Waals surface area contributed by atoms with E-state index in [0.29, 0.717) is 37.4 Å². The van der Waals surface area contributed by atoms with E-state index in [4.69, 9.17) is 34.4 Å². The van der Waals surface area contributed by atoms with Crippen LogP contribution < -0.4 is 34.4 Å². The zero-order valence-electron chi connectivity index (χ0n) is 13.8. The van der Waals surface area contributed by atoms with Gasteiger partial charge in [0.05, 0.1) is 0 Å². The van der Waals surface area contributed by atoms with Gasteiger partial charge in [-0.25, -0.2) is 0 Å². The molecule has 12 N–H and O–H groups in total. The molecule has 0 unspecified atom stereocenters. The molecule has 128 valence electrons. The Morgan fingerprint density at radius 2 is 0.952 bits per heavy atom. The second-order valence-corrected chi connectivity index (χ2v) is 6.48. The molecule has 1 saturated carbocycles. The summed E-state index contributed by atoms with van der Waals surface area (Å²) < 4.78 is 0. The molecule has 0 amide bonds. The molecule has 0 aromatic carbocycles. The van der Waals surface area contributed by atoms with Crippen molar-refractivity contribution in [3.63, 3.8) is 0 Å². The van der Waals surface area contributed by atoms with E-state index in [0.717, 1.165) is 26.1 Å². The second kappa shape index (κ2) is 11.3. The van der Waals surface area contributed by atoms with Gasteiger partial charge in [-0.05, 0) is 63.1 Å². The van der Waals surface area contributed by atoms with Gasteiger partial charge in [-0.15, -0.1) is 0 Å². The van der Waals surface area contributed by atoms with Crippen molar-refractivity contribution in [2.45, 2.75) is 32.6 Å². The molecule has 1 aliphatic rings. The Labute approximate surface area is 130 Å². The highest BCUT2D eigenvalue weighted by Crippen LogP contribution is 2.31. The molecule has 0 spiro atoms. The summed E-state index contributed by atoms with van der Waals surface area (Å²) in [6, 6.07) is 0. The van der Waals surface area contributed by atoms with Crippen LogP contribution >= 0.6 is 0 Å². The maximum atomic E-state index is 5.66. The third-order valence-electron chi connectivity index (χ3n) is 5.05. The Morgan fingerprint density at radius 1 is 0.667 bits per heavy atom. The summed E-state index contributed by atoms with van der Waals surface area (Å²) in [5, 5.41) is 0. The maximum Gasteiger partial charge on any atom is 0.00679 e. The van der Waals surface area contributed by atoms with E-state index in [2.05, 4.69) is 6.92 Å². The number of hydrogen-bond donors (Lipinski definition) is 6. The lowest BCUT2D eigenvalue weighted by atomic mass is 9.75. The summed E-state index contributed by atoms with van der Waals surface area (Å²) in [4.78, 5) is 0. The number of rotatable bonds is 7. The highest BCUT2D eigenvalue weighted by atomic mass is 14.7. The van der Waals surface area contributed by atoms with Gasteiger partial charge < -0.3 is 34.4 Å². The summed E-state index contributed by atoms with van der Waals surface area (Å²) in [7, 11) is 0. The largest absolute Gasteiger partial charge is 0.330 e. The van der Waals surface area contributed by atoms with Gasteiger partial charge in [0.25, 0.3) is 0 Å². The van der Waals surface area contributed by atoms with Crippen LogP contribution in [0.25, 0.3) is 0 Å². The molecule has 0 bridgehead atoms. The molecule has 1 fully saturated rings. The van der Waals surface area contributed by atoms with Crippen LogP contribution in [0.4, 0.5) is 0 Å². The first-order chi connectivity index (χ1) is 10.0. The lowest BCUT2D eigenvalue weighted by Gasteiger charge is -2.33. The standard InChI is InChI=1S/C9H21N3.C6H17N3/c10-4-7-1-8(5-11)3-9(2-7)6-12;1-2-6(3-7,4-8)5-9/h7-9H,1-6,10-12H2;2-5,7-9H2,1H3. The minimum atomic E-state index is 0. The average Bonchev–Trinajstić information content (AvgIpc) is 2.57. The van der Waals surface area contributed by atoms with E-state index >= 15 is 0 Å². The van der Waals surface area contributed by atoms with Crippen LogP contribution in [0.2, 0.25) is 0 Å². The first-order valence-corrected chi connectivity index (χ1v) is 8.25. The molecular weight excluding hydrogens is 264 g/mol. The predicted octanol–water partition coefficient (Wildman–Crippen LogP) is -0.846. The summed E-state index contributed by atoms with van der Waals surface area (Å²) in [6.45, 7) is 6.24. The highest BCUT2D eigenvalue weighted by Gasteiger charge is 2.26. The molecule has 0 saturated heterocycles. The van der Waals surface area contributed by atoms with Gasteiger partial charge in [0.2, 0.25) is 0 Å².